The number of hydrogen-bond donors (Lipinski definition) is 0. The first-order valence-electron chi connectivity index (χ1n) is 19.4. The Hall–Kier alpha value is -7.27. The molecule has 0 amide bonds. The largest absolute Gasteiger partial charge is 0.308 e. The molecule has 57 heavy (non-hydrogen) atoms. The second-order valence-corrected chi connectivity index (χ2v) is 15.7. The number of para-hydroxylation sites is 4. The van der Waals surface area contributed by atoms with Crippen LogP contribution in [-0.4, -0.2) is 14.1 Å². The van der Waals surface area contributed by atoms with Crippen LogP contribution in [0.2, 0.25) is 0 Å². The highest BCUT2D eigenvalue weighted by Gasteiger charge is 2.26. The molecule has 0 saturated heterocycles. The van der Waals surface area contributed by atoms with Crippen LogP contribution in [0.5, 0.6) is 0 Å². The number of thiophene rings is 1. The van der Waals surface area contributed by atoms with Crippen molar-refractivity contribution in [2.24, 2.45) is 0 Å². The highest BCUT2D eigenvalue weighted by atomic mass is 32.1. The van der Waals surface area contributed by atoms with E-state index in [2.05, 4.69) is 209 Å². The molecule has 8 aromatic carbocycles. The van der Waals surface area contributed by atoms with Gasteiger partial charge in [-0.3, -0.25) is 0 Å². The lowest BCUT2D eigenvalue weighted by Crippen LogP contribution is -2.03. The van der Waals surface area contributed by atoms with Crippen molar-refractivity contribution in [2.45, 2.75) is 0 Å². The normalized spacial score (nSPS) is 11.9. The monoisotopic (exact) mass is 743 g/mol. The molecule has 0 aliphatic heterocycles. The van der Waals surface area contributed by atoms with E-state index in [0.29, 0.717) is 0 Å². The number of fused-ring (bicyclic) bond motifs is 9. The van der Waals surface area contributed by atoms with Crippen molar-refractivity contribution in [3.63, 3.8) is 0 Å². The molecule has 12 rings (SSSR count). The van der Waals surface area contributed by atoms with Crippen LogP contribution in [0.15, 0.2) is 200 Å². The summed E-state index contributed by atoms with van der Waals surface area (Å²) in [4.78, 5) is 5.63. The maximum atomic E-state index is 5.63. The SMILES string of the molecule is c1ccc(-c2cc(-c3ccccc3)nc(-c3cc(-n4c5ccccc5c5ccccc54)c4sc5ccccc5c4c3-n3c4ccccc4c4ccccc43)c2)cc1. The zero-order chi connectivity index (χ0) is 37.5. The third-order valence-electron chi connectivity index (χ3n) is 11.5. The number of hydrogen-bond acceptors (Lipinski definition) is 2. The summed E-state index contributed by atoms with van der Waals surface area (Å²) in [6.45, 7) is 0. The fourth-order valence-corrected chi connectivity index (χ4v) is 10.2. The molecule has 4 heterocycles. The van der Waals surface area contributed by atoms with Gasteiger partial charge in [0.2, 0.25) is 0 Å². The van der Waals surface area contributed by atoms with Crippen molar-refractivity contribution in [2.75, 3.05) is 0 Å². The molecule has 0 bridgehead atoms. The molecular weight excluding hydrogens is 711 g/mol. The second-order valence-electron chi connectivity index (χ2n) is 14.7. The van der Waals surface area contributed by atoms with Crippen LogP contribution >= 0.6 is 11.3 Å². The first-order chi connectivity index (χ1) is 28.3. The van der Waals surface area contributed by atoms with Crippen LogP contribution in [-0.2, 0) is 0 Å². The van der Waals surface area contributed by atoms with E-state index in [0.717, 1.165) is 45.0 Å². The highest BCUT2D eigenvalue weighted by molar-refractivity contribution is 7.26. The van der Waals surface area contributed by atoms with Gasteiger partial charge in [0.15, 0.2) is 0 Å². The smallest absolute Gasteiger partial charge is 0.0737 e. The summed E-state index contributed by atoms with van der Waals surface area (Å²) in [6, 6.07) is 72.5. The summed E-state index contributed by atoms with van der Waals surface area (Å²) in [5.41, 5.74) is 13.3. The Morgan fingerprint density at radius 3 is 1.40 bits per heavy atom. The molecule has 0 aliphatic carbocycles. The van der Waals surface area contributed by atoms with Crippen molar-refractivity contribution in [3.8, 4) is 45.0 Å². The zero-order valence-electron chi connectivity index (χ0n) is 30.8. The van der Waals surface area contributed by atoms with E-state index in [1.54, 1.807) is 0 Å². The lowest BCUT2D eigenvalue weighted by Gasteiger charge is -2.20. The van der Waals surface area contributed by atoms with E-state index in [-0.39, 0.29) is 0 Å². The molecular formula is C53H33N3S. The molecule has 0 atom stereocenters. The Morgan fingerprint density at radius 2 is 0.825 bits per heavy atom. The number of nitrogens with zero attached hydrogens (tertiary/aromatic N) is 3. The van der Waals surface area contributed by atoms with Gasteiger partial charge in [-0.05, 0) is 59.7 Å². The van der Waals surface area contributed by atoms with Crippen molar-refractivity contribution in [1.82, 2.24) is 14.1 Å². The molecule has 12 aromatic rings. The Balaban J connectivity index is 1.32. The van der Waals surface area contributed by atoms with Gasteiger partial charge in [-0.2, -0.15) is 0 Å². The number of rotatable bonds is 5. The molecule has 0 aliphatic rings. The third kappa shape index (κ3) is 4.88. The van der Waals surface area contributed by atoms with E-state index in [1.807, 2.05) is 11.3 Å². The molecule has 0 radical (unpaired) electrons. The minimum atomic E-state index is 0.922. The quantitative estimate of drug-likeness (QED) is 0.172. The Labute approximate surface area is 333 Å². The fraction of sp³-hybridized carbons (Fsp3) is 0. The lowest BCUT2D eigenvalue weighted by molar-refractivity contribution is 1.17. The van der Waals surface area contributed by atoms with Crippen molar-refractivity contribution >= 4 is 75.1 Å². The molecule has 0 unspecified atom stereocenters. The van der Waals surface area contributed by atoms with E-state index in [9.17, 15) is 0 Å². The van der Waals surface area contributed by atoms with Gasteiger partial charge in [0.05, 0.1) is 49.5 Å². The van der Waals surface area contributed by atoms with Gasteiger partial charge >= 0.3 is 0 Å². The summed E-state index contributed by atoms with van der Waals surface area (Å²) in [5.74, 6) is 0. The predicted molar refractivity (Wildman–Crippen MR) is 242 cm³/mol. The van der Waals surface area contributed by atoms with Gasteiger partial charge in [0, 0.05) is 48.1 Å². The molecule has 0 N–H and O–H groups in total. The summed E-state index contributed by atoms with van der Waals surface area (Å²) in [7, 11) is 0. The van der Waals surface area contributed by atoms with Gasteiger partial charge in [0.1, 0.15) is 0 Å². The number of pyridine rings is 1. The van der Waals surface area contributed by atoms with E-state index < -0.39 is 0 Å². The molecule has 0 fully saturated rings. The van der Waals surface area contributed by atoms with Crippen LogP contribution < -0.4 is 0 Å². The van der Waals surface area contributed by atoms with Crippen molar-refractivity contribution < 1.29 is 0 Å². The minimum absolute atomic E-state index is 0.922. The summed E-state index contributed by atoms with van der Waals surface area (Å²) in [5, 5.41) is 7.41. The van der Waals surface area contributed by atoms with Crippen LogP contribution in [0, 0.1) is 0 Å². The Bertz CT molecular complexity index is 3350. The van der Waals surface area contributed by atoms with Crippen LogP contribution in [0.4, 0.5) is 0 Å². The van der Waals surface area contributed by atoms with Crippen LogP contribution in [0.1, 0.15) is 0 Å². The van der Waals surface area contributed by atoms with Crippen LogP contribution in [0.3, 0.4) is 0 Å². The average molecular weight is 744 g/mol. The van der Waals surface area contributed by atoms with Gasteiger partial charge in [-0.1, -0.05) is 152 Å². The minimum Gasteiger partial charge on any atom is -0.308 e. The molecule has 0 spiro atoms. The van der Waals surface area contributed by atoms with Crippen LogP contribution in [0.25, 0.3) is 109 Å². The maximum absolute atomic E-state index is 5.63. The lowest BCUT2D eigenvalue weighted by atomic mass is 9.97. The zero-order valence-corrected chi connectivity index (χ0v) is 31.6. The topological polar surface area (TPSA) is 22.8 Å². The number of aromatic nitrogens is 3. The maximum Gasteiger partial charge on any atom is 0.0737 e. The van der Waals surface area contributed by atoms with Crippen molar-refractivity contribution in [1.29, 1.82) is 0 Å². The van der Waals surface area contributed by atoms with Gasteiger partial charge in [0.25, 0.3) is 0 Å². The molecule has 4 heteroatoms. The first-order valence-corrected chi connectivity index (χ1v) is 20.2. The summed E-state index contributed by atoms with van der Waals surface area (Å²) < 4.78 is 7.49. The van der Waals surface area contributed by atoms with Gasteiger partial charge < -0.3 is 9.13 Å². The Morgan fingerprint density at radius 1 is 0.368 bits per heavy atom. The van der Waals surface area contributed by atoms with E-state index in [4.69, 9.17) is 4.98 Å². The third-order valence-corrected chi connectivity index (χ3v) is 12.7. The molecule has 4 aromatic heterocycles. The van der Waals surface area contributed by atoms with Gasteiger partial charge in [-0.25, -0.2) is 4.98 Å². The molecule has 0 saturated carbocycles. The highest BCUT2D eigenvalue weighted by Crippen LogP contribution is 2.49. The van der Waals surface area contributed by atoms with Gasteiger partial charge in [-0.15, -0.1) is 11.3 Å². The fourth-order valence-electron chi connectivity index (χ4n) is 9.03. The standard InChI is InChI=1S/C53H33N3S/c1-3-17-34(18-4-1)36-31-43(35-19-5-2-6-20-35)54-44(32-36)42-33-49(55-45-26-12-7-21-37(45)38-22-8-13-27-46(38)55)53-51(41-25-11-16-30-50(41)57-53)52(42)56-47-28-14-9-23-39(47)40-24-10-15-29-48(40)56/h1-33H. The average Bonchev–Trinajstić information content (AvgIpc) is 3.95. The Kier molecular flexibility index (Phi) is 7.10. The second kappa shape index (κ2) is 12.6. The summed E-state index contributed by atoms with van der Waals surface area (Å²) in [6.07, 6.45) is 0. The first kappa shape index (κ1) is 32.0. The number of benzene rings is 8. The van der Waals surface area contributed by atoms with E-state index in [1.165, 1.54) is 63.8 Å². The molecule has 3 nitrogen and oxygen atoms in total. The van der Waals surface area contributed by atoms with Crippen molar-refractivity contribution in [3.05, 3.63) is 200 Å². The van der Waals surface area contributed by atoms with E-state index >= 15 is 0 Å². The molecule has 266 valence electrons. The predicted octanol–water partition coefficient (Wildman–Crippen LogP) is 14.6. The summed E-state index contributed by atoms with van der Waals surface area (Å²) >= 11 is 1.88.